The van der Waals surface area contributed by atoms with Gasteiger partial charge in [0.25, 0.3) is 0 Å². The summed E-state index contributed by atoms with van der Waals surface area (Å²) < 4.78 is 5.26. The number of amides is 1. The summed E-state index contributed by atoms with van der Waals surface area (Å²) in [7, 11) is 0. The van der Waals surface area contributed by atoms with Crippen molar-refractivity contribution in [1.82, 2.24) is 15.0 Å². The molecule has 2 aliphatic rings. The third kappa shape index (κ3) is 2.51. The maximum Gasteiger partial charge on any atom is 0.241 e. The molecule has 1 atom stereocenters. The Bertz CT molecular complexity index is 603. The summed E-state index contributed by atoms with van der Waals surface area (Å²) in [4.78, 5) is 18.4. The van der Waals surface area contributed by atoms with Crippen LogP contribution in [-0.4, -0.2) is 27.5 Å². The number of carbonyl (C=O) groups excluding carboxylic acids is 1. The lowest BCUT2D eigenvalue weighted by atomic mass is 10.0. The van der Waals surface area contributed by atoms with Crippen molar-refractivity contribution in [3.8, 4) is 0 Å². The molecule has 1 fully saturated rings. The maximum atomic E-state index is 12.2. The minimum atomic E-state index is -0.189. The summed E-state index contributed by atoms with van der Waals surface area (Å²) in [5, 5.41) is 4.07. The normalized spacial score (nSPS) is 21.0. The molecular formula is C15H20N4O2. The van der Waals surface area contributed by atoms with Crippen molar-refractivity contribution >= 4 is 5.91 Å². The van der Waals surface area contributed by atoms with Gasteiger partial charge in [-0.3, -0.25) is 4.79 Å². The van der Waals surface area contributed by atoms with Gasteiger partial charge in [-0.25, -0.2) is 0 Å². The third-order valence-corrected chi connectivity index (χ3v) is 3.90. The minimum absolute atomic E-state index is 0.0131. The first-order chi connectivity index (χ1) is 10.2. The fourth-order valence-corrected chi connectivity index (χ4v) is 2.95. The van der Waals surface area contributed by atoms with Crippen molar-refractivity contribution in [1.29, 1.82) is 0 Å². The van der Waals surface area contributed by atoms with Gasteiger partial charge in [-0.1, -0.05) is 24.2 Å². The van der Waals surface area contributed by atoms with Crippen LogP contribution in [-0.2, 0) is 11.2 Å². The topological polar surface area (TPSA) is 85.2 Å². The molecule has 0 saturated carbocycles. The van der Waals surface area contributed by atoms with E-state index in [1.165, 1.54) is 5.57 Å². The lowest BCUT2D eigenvalue weighted by molar-refractivity contribution is -0.129. The molecule has 1 aromatic heterocycles. The van der Waals surface area contributed by atoms with Crippen LogP contribution in [0.3, 0.4) is 0 Å². The molecule has 112 valence electrons. The van der Waals surface area contributed by atoms with Gasteiger partial charge >= 0.3 is 0 Å². The van der Waals surface area contributed by atoms with Crippen molar-refractivity contribution in [2.75, 3.05) is 6.54 Å². The lowest BCUT2D eigenvalue weighted by Gasteiger charge is -2.23. The second-order valence-electron chi connectivity index (χ2n) is 5.38. The summed E-state index contributed by atoms with van der Waals surface area (Å²) in [6.45, 7) is 2.05. The van der Waals surface area contributed by atoms with E-state index in [1.807, 2.05) is 0 Å². The number of aromatic nitrogens is 2. The molecule has 6 nitrogen and oxygen atoms in total. The highest BCUT2D eigenvalue weighted by Crippen LogP contribution is 2.43. The number of allylic oxidation sites excluding steroid dienone is 3. The van der Waals surface area contributed by atoms with Crippen LogP contribution in [0.1, 0.15) is 50.4 Å². The number of rotatable bonds is 4. The predicted octanol–water partition coefficient (Wildman–Crippen LogP) is 1.86. The van der Waals surface area contributed by atoms with Crippen molar-refractivity contribution < 1.29 is 9.32 Å². The smallest absolute Gasteiger partial charge is 0.241 e. The van der Waals surface area contributed by atoms with Crippen LogP contribution in [0.2, 0.25) is 0 Å². The Morgan fingerprint density at radius 1 is 1.48 bits per heavy atom. The van der Waals surface area contributed by atoms with E-state index in [1.54, 1.807) is 4.90 Å². The van der Waals surface area contributed by atoms with E-state index in [4.69, 9.17) is 10.3 Å². The number of carbonyl (C=O) groups is 1. The molecule has 1 unspecified atom stereocenters. The number of aryl methyl sites for hydroxylation is 1. The minimum Gasteiger partial charge on any atom is -0.339 e. The average molecular weight is 288 g/mol. The van der Waals surface area contributed by atoms with Crippen molar-refractivity contribution in [3.05, 3.63) is 35.1 Å². The molecule has 1 saturated heterocycles. The fourth-order valence-electron chi connectivity index (χ4n) is 2.95. The van der Waals surface area contributed by atoms with E-state index in [0.717, 1.165) is 37.8 Å². The van der Waals surface area contributed by atoms with Crippen LogP contribution in [0.25, 0.3) is 0 Å². The molecule has 6 heteroatoms. The quantitative estimate of drug-likeness (QED) is 0.914. The van der Waals surface area contributed by atoms with Crippen molar-refractivity contribution in [2.45, 2.75) is 45.1 Å². The SMILES string of the molecule is CCCc1nc(C2CC3=CCCC=C3N2C(=O)CN)no1. The Morgan fingerprint density at radius 2 is 2.29 bits per heavy atom. The van der Waals surface area contributed by atoms with Gasteiger partial charge in [-0.15, -0.1) is 0 Å². The van der Waals surface area contributed by atoms with Crippen LogP contribution < -0.4 is 5.73 Å². The van der Waals surface area contributed by atoms with E-state index in [0.29, 0.717) is 11.7 Å². The zero-order chi connectivity index (χ0) is 14.8. The molecule has 1 amide bonds. The van der Waals surface area contributed by atoms with Gasteiger partial charge in [0, 0.05) is 18.5 Å². The fraction of sp³-hybridized carbons (Fsp3) is 0.533. The van der Waals surface area contributed by atoms with Gasteiger partial charge in [-0.2, -0.15) is 4.98 Å². The van der Waals surface area contributed by atoms with E-state index in [-0.39, 0.29) is 18.5 Å². The molecular weight excluding hydrogens is 268 g/mol. The number of likely N-dealkylation sites (tertiary alicyclic amines) is 1. The molecule has 0 spiro atoms. The van der Waals surface area contributed by atoms with Gasteiger partial charge in [-0.05, 0) is 24.8 Å². The number of hydrogen-bond acceptors (Lipinski definition) is 5. The molecule has 21 heavy (non-hydrogen) atoms. The Balaban J connectivity index is 1.93. The first kappa shape index (κ1) is 14.0. The molecule has 2 N–H and O–H groups in total. The highest BCUT2D eigenvalue weighted by atomic mass is 16.5. The summed E-state index contributed by atoms with van der Waals surface area (Å²) in [5.74, 6) is 1.11. The summed E-state index contributed by atoms with van der Waals surface area (Å²) >= 11 is 0. The molecule has 0 bridgehead atoms. The van der Waals surface area contributed by atoms with E-state index >= 15 is 0 Å². The van der Waals surface area contributed by atoms with Crippen LogP contribution in [0.15, 0.2) is 27.9 Å². The number of nitrogens with two attached hydrogens (primary N) is 1. The monoisotopic (exact) mass is 288 g/mol. The van der Waals surface area contributed by atoms with Crippen LogP contribution in [0.5, 0.6) is 0 Å². The average Bonchev–Trinajstić information content (AvgIpc) is 3.10. The maximum absolute atomic E-state index is 12.2. The second kappa shape index (κ2) is 5.81. The van der Waals surface area contributed by atoms with Crippen LogP contribution in [0.4, 0.5) is 0 Å². The van der Waals surface area contributed by atoms with Gasteiger partial charge < -0.3 is 15.2 Å². The summed E-state index contributed by atoms with van der Waals surface area (Å²) in [6.07, 6.45) is 8.72. The zero-order valence-corrected chi connectivity index (χ0v) is 12.2. The summed E-state index contributed by atoms with van der Waals surface area (Å²) in [6, 6.07) is -0.189. The molecule has 1 aromatic rings. The molecule has 3 rings (SSSR count). The second-order valence-corrected chi connectivity index (χ2v) is 5.38. The molecule has 0 aromatic carbocycles. The molecule has 0 radical (unpaired) electrons. The molecule has 1 aliphatic carbocycles. The van der Waals surface area contributed by atoms with Gasteiger partial charge in [0.15, 0.2) is 5.82 Å². The van der Waals surface area contributed by atoms with Crippen LogP contribution >= 0.6 is 0 Å². The first-order valence-corrected chi connectivity index (χ1v) is 7.48. The third-order valence-electron chi connectivity index (χ3n) is 3.90. The zero-order valence-electron chi connectivity index (χ0n) is 12.2. The Labute approximate surface area is 123 Å². The van der Waals surface area contributed by atoms with Crippen molar-refractivity contribution in [3.63, 3.8) is 0 Å². The van der Waals surface area contributed by atoms with Crippen LogP contribution in [0, 0.1) is 0 Å². The molecule has 1 aliphatic heterocycles. The Kier molecular flexibility index (Phi) is 3.88. The number of hydrogen-bond donors (Lipinski definition) is 1. The lowest BCUT2D eigenvalue weighted by Crippen LogP contribution is -2.35. The standard InChI is InChI=1S/C15H20N4O2/c1-2-5-13-17-15(18-21-13)12-8-10-6-3-4-7-11(10)19(12)14(20)9-16/h6-7,12H,2-5,8-9,16H2,1H3. The van der Waals surface area contributed by atoms with Crippen molar-refractivity contribution in [2.24, 2.45) is 5.73 Å². The van der Waals surface area contributed by atoms with Gasteiger partial charge in [0.2, 0.25) is 11.8 Å². The number of nitrogens with zero attached hydrogens (tertiary/aromatic N) is 3. The molecule has 2 heterocycles. The highest BCUT2D eigenvalue weighted by molar-refractivity contribution is 5.82. The van der Waals surface area contributed by atoms with E-state index in [9.17, 15) is 4.79 Å². The van der Waals surface area contributed by atoms with E-state index < -0.39 is 0 Å². The highest BCUT2D eigenvalue weighted by Gasteiger charge is 2.39. The predicted molar refractivity (Wildman–Crippen MR) is 77.0 cm³/mol. The first-order valence-electron chi connectivity index (χ1n) is 7.48. The van der Waals surface area contributed by atoms with E-state index in [2.05, 4.69) is 29.2 Å². The summed E-state index contributed by atoms with van der Waals surface area (Å²) in [5.41, 5.74) is 7.73. The van der Waals surface area contributed by atoms with Gasteiger partial charge in [0.05, 0.1) is 6.54 Å². The van der Waals surface area contributed by atoms with Gasteiger partial charge in [0.1, 0.15) is 6.04 Å². The number of fused-ring (bicyclic) bond motifs is 1. The Hall–Kier alpha value is -1.95. The Morgan fingerprint density at radius 3 is 3.05 bits per heavy atom. The largest absolute Gasteiger partial charge is 0.339 e.